The molecule has 13 nitrogen and oxygen atoms in total. The largest absolute Gasteiger partial charge is 3.00 e. The molecule has 0 atom stereocenters. The Hall–Kier alpha value is -0.585. The maximum atomic E-state index is 12.2. The van der Waals surface area contributed by atoms with Gasteiger partial charge in [-0.25, -0.2) is 0 Å². The summed E-state index contributed by atoms with van der Waals surface area (Å²) in [6.45, 7) is 0.945. The van der Waals surface area contributed by atoms with E-state index in [1.807, 2.05) is 7.05 Å². The van der Waals surface area contributed by atoms with Crippen molar-refractivity contribution in [2.75, 3.05) is 90.5 Å². The topological polar surface area (TPSA) is 188 Å². The van der Waals surface area contributed by atoms with Crippen LogP contribution in [0.5, 0.6) is 0 Å². The third kappa shape index (κ3) is 23.8. The molecule has 0 bridgehead atoms. The smallest absolute Gasteiger partial charge is 0.549 e. The fraction of sp³-hybridized carbons (Fsp3) is 0.750. The van der Waals surface area contributed by atoms with Gasteiger partial charge in [0.1, 0.15) is 5.78 Å². The molecule has 1 amide bonds. The Morgan fingerprint density at radius 3 is 1.53 bits per heavy atom. The van der Waals surface area contributed by atoms with Crippen LogP contribution in [0.4, 0.5) is 0 Å². The van der Waals surface area contributed by atoms with Crippen molar-refractivity contribution >= 4 is 51.2 Å². The molecule has 0 aliphatic carbocycles. The van der Waals surface area contributed by atoms with Crippen molar-refractivity contribution < 1.29 is 79.2 Å². The number of hydrogen-bond donors (Lipinski definition) is 2. The van der Waals surface area contributed by atoms with Crippen LogP contribution in [0.25, 0.3) is 0 Å². The summed E-state index contributed by atoms with van der Waals surface area (Å²) in [7, 11) is 5.14. The number of carboxylic acid groups (broad SMARTS) is 3. The minimum absolute atomic E-state index is 0. The summed E-state index contributed by atoms with van der Waals surface area (Å²) < 4.78 is 0. The number of hydrogen-bond acceptors (Lipinski definition) is 14. The van der Waals surface area contributed by atoms with Crippen molar-refractivity contribution in [3.8, 4) is 0 Å². The molecule has 0 heterocycles. The van der Waals surface area contributed by atoms with Gasteiger partial charge in [0.15, 0.2) is 0 Å². The van der Waals surface area contributed by atoms with Crippen LogP contribution < -0.4 is 26.0 Å². The van der Waals surface area contributed by atoms with Crippen molar-refractivity contribution in [2.24, 2.45) is 0 Å². The Morgan fingerprint density at radius 1 is 0.667 bits per heavy atom. The van der Waals surface area contributed by atoms with Crippen LogP contribution in [-0.4, -0.2) is 135 Å². The van der Waals surface area contributed by atoms with Gasteiger partial charge in [-0.05, 0) is 14.0 Å². The first-order chi connectivity index (χ1) is 16.5. The molecular weight excluding hydrogens is 660 g/mol. The van der Waals surface area contributed by atoms with E-state index in [2.05, 4.69) is 10.6 Å². The van der Waals surface area contributed by atoms with Gasteiger partial charge in [0, 0.05) is 70.4 Å². The zero-order valence-corrected chi connectivity index (χ0v) is 24.4. The van der Waals surface area contributed by atoms with E-state index in [0.717, 1.165) is 12.3 Å². The van der Waals surface area contributed by atoms with Crippen molar-refractivity contribution in [3.05, 3.63) is 0 Å². The van der Waals surface area contributed by atoms with Crippen molar-refractivity contribution in [1.82, 2.24) is 25.3 Å². The van der Waals surface area contributed by atoms with Crippen LogP contribution in [0.1, 0.15) is 6.92 Å². The molecule has 0 spiro atoms. The number of rotatable bonds is 23. The van der Waals surface area contributed by atoms with E-state index in [1.165, 1.54) is 21.6 Å². The Bertz CT molecular complexity index is 676. The molecule has 0 aliphatic rings. The first-order valence-corrected chi connectivity index (χ1v) is 13.4. The first kappa shape index (κ1) is 37.6. The zero-order valence-electron chi connectivity index (χ0n) is 20.5. The predicted octanol–water partition coefficient (Wildman–Crippen LogP) is -5.55. The second-order valence-corrected chi connectivity index (χ2v) is 10.3. The first-order valence-electron chi connectivity index (χ1n) is 10.9. The Morgan fingerprint density at radius 2 is 1.08 bits per heavy atom. The van der Waals surface area contributed by atoms with Crippen LogP contribution in [-0.2, 0) is 24.0 Å². The zero-order chi connectivity index (χ0) is 26.6. The standard InChI is InChI=1S/C20H37N5O8S2.Gd/c1-16(26)11-24(14-19(30)31)7-5-23(13-18(28)29)6-8-25(15-20(32)33)12-17(27)22-4-10-35-34-9-3-21-2;/h21H,3-15H2,1-2H3,(H,22,27)(H,28,29)(H,30,31)(H,32,33);/q;+3/p-3. The van der Waals surface area contributed by atoms with Crippen LogP contribution in [0, 0.1) is 39.9 Å². The van der Waals surface area contributed by atoms with E-state index in [-0.39, 0.29) is 90.9 Å². The fourth-order valence-corrected chi connectivity index (χ4v) is 4.79. The third-order valence-electron chi connectivity index (χ3n) is 4.36. The number of carbonyl (C=O) groups excluding carboxylic acids is 5. The average Bonchev–Trinajstić information content (AvgIpc) is 2.73. The number of carbonyl (C=O) groups is 5. The summed E-state index contributed by atoms with van der Waals surface area (Å²) in [5, 5.41) is 38.9. The molecule has 0 aromatic carbocycles. The number of Topliss-reactive ketones (excluding diaryl/α,β-unsaturated/α-hetero) is 1. The molecule has 0 fully saturated rings. The van der Waals surface area contributed by atoms with E-state index in [4.69, 9.17) is 0 Å². The van der Waals surface area contributed by atoms with Crippen LogP contribution in [0.15, 0.2) is 0 Å². The van der Waals surface area contributed by atoms with Crippen LogP contribution in [0.2, 0.25) is 0 Å². The number of aliphatic carboxylic acids is 3. The molecule has 0 saturated carbocycles. The van der Waals surface area contributed by atoms with E-state index < -0.39 is 37.5 Å². The third-order valence-corrected chi connectivity index (χ3v) is 6.77. The minimum atomic E-state index is -1.39. The van der Waals surface area contributed by atoms with Gasteiger partial charge in [-0.2, -0.15) is 0 Å². The number of amides is 1. The molecule has 0 aromatic rings. The van der Waals surface area contributed by atoms with Crippen LogP contribution >= 0.6 is 21.6 Å². The molecule has 0 aliphatic heterocycles. The molecule has 0 unspecified atom stereocenters. The van der Waals surface area contributed by atoms with Gasteiger partial charge in [-0.3, -0.25) is 24.3 Å². The molecule has 0 saturated heterocycles. The predicted molar refractivity (Wildman–Crippen MR) is 127 cm³/mol. The summed E-state index contributed by atoms with van der Waals surface area (Å²) >= 11 is 0. The molecule has 0 aromatic heterocycles. The Labute approximate surface area is 251 Å². The van der Waals surface area contributed by atoms with Gasteiger partial charge in [-0.1, -0.05) is 21.6 Å². The van der Waals surface area contributed by atoms with Gasteiger partial charge < -0.3 is 40.3 Å². The molecule has 1 radical (unpaired) electrons. The van der Waals surface area contributed by atoms with E-state index in [9.17, 15) is 39.3 Å². The van der Waals surface area contributed by atoms with Gasteiger partial charge in [0.2, 0.25) is 5.91 Å². The maximum absolute atomic E-state index is 12.2. The average molecular weight is 694 g/mol. The van der Waals surface area contributed by atoms with Crippen molar-refractivity contribution in [2.45, 2.75) is 6.92 Å². The fourth-order valence-electron chi connectivity index (χ4n) is 2.88. The minimum Gasteiger partial charge on any atom is -0.549 e. The van der Waals surface area contributed by atoms with E-state index >= 15 is 0 Å². The van der Waals surface area contributed by atoms with Gasteiger partial charge in [-0.15, -0.1) is 0 Å². The number of ketones is 1. The Kier molecular flexibility index (Phi) is 24.5. The van der Waals surface area contributed by atoms with Gasteiger partial charge in [0.25, 0.3) is 0 Å². The molecule has 0 rings (SSSR count). The SMILES string of the molecule is CNCCSSCCNC(=O)CN(CCN(CCN(CC(C)=O)CC(=O)[O-])CC(=O)[O-])CC(=O)[O-].[Gd+3]. The van der Waals surface area contributed by atoms with Crippen molar-refractivity contribution in [1.29, 1.82) is 0 Å². The molecule has 207 valence electrons. The second kappa shape index (κ2) is 23.5. The van der Waals surface area contributed by atoms with E-state index in [0.29, 0.717) is 12.3 Å². The Balaban J connectivity index is 0. The normalized spacial score (nSPS) is 10.9. The second-order valence-electron chi connectivity index (χ2n) is 7.61. The number of nitrogens with one attached hydrogen (secondary N) is 2. The van der Waals surface area contributed by atoms with Gasteiger partial charge in [0.05, 0.1) is 31.0 Å². The summed E-state index contributed by atoms with van der Waals surface area (Å²) in [4.78, 5) is 60.7. The summed E-state index contributed by atoms with van der Waals surface area (Å²) in [5.74, 6) is -3.17. The maximum Gasteiger partial charge on any atom is 3.00 e. The number of nitrogens with zero attached hydrogens (tertiary/aromatic N) is 3. The summed E-state index contributed by atoms with van der Waals surface area (Å²) in [6.07, 6.45) is 0. The summed E-state index contributed by atoms with van der Waals surface area (Å²) in [6, 6.07) is 0. The van der Waals surface area contributed by atoms with Crippen molar-refractivity contribution in [3.63, 3.8) is 0 Å². The van der Waals surface area contributed by atoms with Gasteiger partial charge >= 0.3 is 39.9 Å². The molecule has 2 N–H and O–H groups in total. The molecule has 36 heavy (non-hydrogen) atoms. The molecule has 16 heteroatoms. The monoisotopic (exact) mass is 694 g/mol. The van der Waals surface area contributed by atoms with E-state index in [1.54, 1.807) is 21.6 Å². The number of carboxylic acids is 3. The summed E-state index contributed by atoms with van der Waals surface area (Å²) in [5.41, 5.74) is 0. The molecular formula is C20H34GdN5O8S2. The van der Waals surface area contributed by atoms with Crippen LogP contribution in [0.3, 0.4) is 0 Å². The quantitative estimate of drug-likeness (QED) is 0.0762.